The molecule has 10 nitrogen and oxygen atoms in total. The molecular formula is C23H18N6O4. The lowest BCUT2D eigenvalue weighted by Crippen LogP contribution is -2.04. The van der Waals surface area contributed by atoms with E-state index in [1.54, 1.807) is 36.5 Å². The van der Waals surface area contributed by atoms with Crippen LogP contribution in [0.25, 0.3) is 22.6 Å². The summed E-state index contributed by atoms with van der Waals surface area (Å²) < 4.78 is 17.4. The second kappa shape index (κ2) is 8.42. The molecule has 2 aromatic carbocycles. The highest BCUT2D eigenvalue weighted by molar-refractivity contribution is 5.89. The minimum absolute atomic E-state index is 0.142. The molecule has 3 heterocycles. The summed E-state index contributed by atoms with van der Waals surface area (Å²) in [4.78, 5) is 20.8. The van der Waals surface area contributed by atoms with Gasteiger partial charge in [-0.25, -0.2) is 19.4 Å². The number of nitrogens with zero attached hydrogens (tertiary/aromatic N) is 5. The number of nitrogens with two attached hydrogens (primary N) is 1. The van der Waals surface area contributed by atoms with Crippen LogP contribution in [-0.2, 0) is 11.3 Å². The Hall–Kier alpha value is -4.73. The van der Waals surface area contributed by atoms with Crippen LogP contribution in [-0.4, -0.2) is 37.9 Å². The van der Waals surface area contributed by atoms with Crippen LogP contribution in [0.4, 0.5) is 5.82 Å². The molecule has 5 aromatic rings. The average molecular weight is 442 g/mol. The molecule has 0 aliphatic rings. The summed E-state index contributed by atoms with van der Waals surface area (Å²) in [6, 6.07) is 18.3. The van der Waals surface area contributed by atoms with Crippen molar-refractivity contribution in [2.45, 2.75) is 6.54 Å². The molecule has 0 aliphatic carbocycles. The van der Waals surface area contributed by atoms with E-state index in [9.17, 15) is 4.79 Å². The zero-order valence-corrected chi connectivity index (χ0v) is 17.5. The van der Waals surface area contributed by atoms with Gasteiger partial charge in [-0.15, -0.1) is 0 Å². The Labute approximate surface area is 187 Å². The number of carbonyl (C=O) groups is 1. The number of esters is 1. The average Bonchev–Trinajstić information content (AvgIpc) is 3.42. The fourth-order valence-electron chi connectivity index (χ4n) is 3.45. The molecule has 2 N–H and O–H groups in total. The first-order chi connectivity index (χ1) is 16.1. The molecule has 164 valence electrons. The molecule has 33 heavy (non-hydrogen) atoms. The number of aromatic nitrogens is 5. The van der Waals surface area contributed by atoms with Gasteiger partial charge in [-0.2, -0.15) is 0 Å². The SMILES string of the molecule is COC(=O)c1cccc(Oc2cc3c(cn2)nc(-c2nonc2N)n3Cc2ccccc2)c1. The van der Waals surface area contributed by atoms with Crippen LogP contribution in [0, 0.1) is 0 Å². The number of methoxy groups -OCH3 is 1. The van der Waals surface area contributed by atoms with Crippen LogP contribution in [0.3, 0.4) is 0 Å². The number of rotatable bonds is 6. The second-order valence-corrected chi connectivity index (χ2v) is 7.14. The first kappa shape index (κ1) is 20.2. The topological polar surface area (TPSA) is 131 Å². The van der Waals surface area contributed by atoms with E-state index >= 15 is 0 Å². The molecule has 0 fully saturated rings. The van der Waals surface area contributed by atoms with Crippen molar-refractivity contribution >= 4 is 22.8 Å². The van der Waals surface area contributed by atoms with Gasteiger partial charge in [0.1, 0.15) is 11.3 Å². The fourth-order valence-corrected chi connectivity index (χ4v) is 3.45. The molecular weight excluding hydrogens is 424 g/mol. The minimum atomic E-state index is -0.451. The number of pyridine rings is 1. The molecule has 0 spiro atoms. The van der Waals surface area contributed by atoms with Crippen molar-refractivity contribution in [3.05, 3.63) is 78.0 Å². The van der Waals surface area contributed by atoms with Gasteiger partial charge in [0, 0.05) is 12.6 Å². The van der Waals surface area contributed by atoms with Crippen molar-refractivity contribution in [2.24, 2.45) is 0 Å². The van der Waals surface area contributed by atoms with Gasteiger partial charge in [-0.3, -0.25) is 0 Å². The van der Waals surface area contributed by atoms with Crippen molar-refractivity contribution in [1.29, 1.82) is 0 Å². The molecule has 10 heteroatoms. The summed E-state index contributed by atoms with van der Waals surface area (Å²) in [7, 11) is 1.33. The van der Waals surface area contributed by atoms with Gasteiger partial charge in [0.25, 0.3) is 0 Å². The highest BCUT2D eigenvalue weighted by Crippen LogP contribution is 2.30. The van der Waals surface area contributed by atoms with E-state index in [4.69, 9.17) is 19.8 Å². The van der Waals surface area contributed by atoms with E-state index in [0.717, 1.165) is 11.1 Å². The van der Waals surface area contributed by atoms with Gasteiger partial charge < -0.3 is 19.8 Å². The standard InChI is InChI=1S/C23H18N6O4/c1-31-23(30)15-8-5-9-16(10-15)32-19-11-18-17(12-25-19)26-22(20-21(24)28-33-27-20)29(18)13-14-6-3-2-4-7-14/h2-12H,13H2,1H3,(H2,24,28). The molecule has 0 saturated carbocycles. The van der Waals surface area contributed by atoms with Crippen LogP contribution in [0.1, 0.15) is 15.9 Å². The number of imidazole rings is 1. The minimum Gasteiger partial charge on any atom is -0.465 e. The van der Waals surface area contributed by atoms with E-state index < -0.39 is 5.97 Å². The third-order valence-corrected chi connectivity index (χ3v) is 5.00. The zero-order chi connectivity index (χ0) is 22.8. The second-order valence-electron chi connectivity index (χ2n) is 7.14. The maximum atomic E-state index is 11.8. The third kappa shape index (κ3) is 3.97. The van der Waals surface area contributed by atoms with E-state index in [2.05, 4.69) is 20.3 Å². The molecule has 0 radical (unpaired) electrons. The summed E-state index contributed by atoms with van der Waals surface area (Å²) >= 11 is 0. The maximum absolute atomic E-state index is 11.8. The fraction of sp³-hybridized carbons (Fsp3) is 0.0870. The third-order valence-electron chi connectivity index (χ3n) is 5.00. The Morgan fingerprint density at radius 2 is 1.94 bits per heavy atom. The summed E-state index contributed by atoms with van der Waals surface area (Å²) in [6.07, 6.45) is 1.60. The number of carbonyl (C=O) groups excluding carboxylic acids is 1. The summed E-state index contributed by atoms with van der Waals surface area (Å²) in [5.41, 5.74) is 9.09. The zero-order valence-electron chi connectivity index (χ0n) is 17.5. The quantitative estimate of drug-likeness (QED) is 0.391. The van der Waals surface area contributed by atoms with E-state index in [0.29, 0.717) is 40.8 Å². The Kier molecular flexibility index (Phi) is 5.15. The molecule has 0 unspecified atom stereocenters. The molecule has 0 aliphatic heterocycles. The van der Waals surface area contributed by atoms with E-state index in [1.165, 1.54) is 7.11 Å². The van der Waals surface area contributed by atoms with Crippen LogP contribution in [0.2, 0.25) is 0 Å². The van der Waals surface area contributed by atoms with E-state index in [-0.39, 0.29) is 5.82 Å². The monoisotopic (exact) mass is 442 g/mol. The molecule has 5 rings (SSSR count). The van der Waals surface area contributed by atoms with Gasteiger partial charge in [-0.05, 0) is 34.1 Å². The van der Waals surface area contributed by atoms with Gasteiger partial charge in [0.05, 0.1) is 24.4 Å². The number of benzene rings is 2. The number of hydrogen-bond donors (Lipinski definition) is 1. The number of nitrogen functional groups attached to an aromatic ring is 1. The summed E-state index contributed by atoms with van der Waals surface area (Å²) in [5, 5.41) is 7.59. The highest BCUT2D eigenvalue weighted by atomic mass is 16.6. The molecule has 0 saturated heterocycles. The van der Waals surface area contributed by atoms with Gasteiger partial charge in [0.2, 0.25) is 5.88 Å². The van der Waals surface area contributed by atoms with Crippen molar-refractivity contribution < 1.29 is 18.9 Å². The van der Waals surface area contributed by atoms with Crippen molar-refractivity contribution in [3.8, 4) is 23.1 Å². The van der Waals surface area contributed by atoms with Crippen molar-refractivity contribution in [2.75, 3.05) is 12.8 Å². The Morgan fingerprint density at radius 3 is 2.70 bits per heavy atom. The molecule has 0 atom stereocenters. The predicted molar refractivity (Wildman–Crippen MR) is 119 cm³/mol. The van der Waals surface area contributed by atoms with Crippen LogP contribution in [0.5, 0.6) is 11.6 Å². The number of ether oxygens (including phenoxy) is 2. The molecule has 3 aromatic heterocycles. The van der Waals surface area contributed by atoms with Gasteiger partial charge in [-0.1, -0.05) is 36.4 Å². The van der Waals surface area contributed by atoms with Crippen LogP contribution < -0.4 is 10.5 Å². The largest absolute Gasteiger partial charge is 0.465 e. The Balaban J connectivity index is 1.57. The Bertz CT molecular complexity index is 1440. The first-order valence-electron chi connectivity index (χ1n) is 9.97. The lowest BCUT2D eigenvalue weighted by Gasteiger charge is -2.09. The van der Waals surface area contributed by atoms with E-state index in [1.807, 2.05) is 34.9 Å². The van der Waals surface area contributed by atoms with Crippen molar-refractivity contribution in [1.82, 2.24) is 24.8 Å². The van der Waals surface area contributed by atoms with Gasteiger partial charge >= 0.3 is 5.97 Å². The van der Waals surface area contributed by atoms with Gasteiger partial charge in [0.15, 0.2) is 17.3 Å². The maximum Gasteiger partial charge on any atom is 0.337 e. The number of anilines is 1. The lowest BCUT2D eigenvalue weighted by atomic mass is 10.2. The lowest BCUT2D eigenvalue weighted by molar-refractivity contribution is 0.0600. The highest BCUT2D eigenvalue weighted by Gasteiger charge is 2.20. The van der Waals surface area contributed by atoms with Crippen LogP contribution >= 0.6 is 0 Å². The van der Waals surface area contributed by atoms with Crippen LogP contribution in [0.15, 0.2) is 71.5 Å². The number of hydrogen-bond acceptors (Lipinski definition) is 9. The summed E-state index contributed by atoms with van der Waals surface area (Å²) in [5.74, 6) is 0.969. The molecule has 0 amide bonds. The number of fused-ring (bicyclic) bond motifs is 1. The first-order valence-corrected chi connectivity index (χ1v) is 9.97. The smallest absolute Gasteiger partial charge is 0.337 e. The predicted octanol–water partition coefficient (Wildman–Crippen LogP) is 3.69. The Morgan fingerprint density at radius 1 is 1.09 bits per heavy atom. The molecule has 0 bridgehead atoms. The van der Waals surface area contributed by atoms with Crippen molar-refractivity contribution in [3.63, 3.8) is 0 Å². The normalized spacial score (nSPS) is 10.9. The summed E-state index contributed by atoms with van der Waals surface area (Å²) in [6.45, 7) is 0.500.